The summed E-state index contributed by atoms with van der Waals surface area (Å²) in [5, 5.41) is 13.0. The molecule has 0 atom stereocenters. The minimum absolute atomic E-state index is 0.343. The summed E-state index contributed by atoms with van der Waals surface area (Å²) >= 11 is 0. The fourth-order valence-corrected chi connectivity index (χ4v) is 1.78. The van der Waals surface area contributed by atoms with Crippen LogP contribution in [0.1, 0.15) is 10.6 Å². The van der Waals surface area contributed by atoms with Gasteiger partial charge in [-0.3, -0.25) is 14.9 Å². The topological polar surface area (TPSA) is 115 Å². The minimum atomic E-state index is -0.957. The van der Waals surface area contributed by atoms with E-state index in [1.165, 1.54) is 0 Å². The van der Waals surface area contributed by atoms with Gasteiger partial charge in [0, 0.05) is 25.5 Å². The van der Waals surface area contributed by atoms with Crippen LogP contribution in [0.5, 0.6) is 0 Å². The summed E-state index contributed by atoms with van der Waals surface area (Å²) in [6.07, 6.45) is 0. The molecule has 1 heterocycles. The molecule has 2 rings (SSSR count). The Morgan fingerprint density at radius 3 is 2.42 bits per heavy atom. The first kappa shape index (κ1) is 17.0. The van der Waals surface area contributed by atoms with Crippen molar-refractivity contribution < 1.29 is 23.7 Å². The van der Waals surface area contributed by atoms with Crippen LogP contribution < -0.4 is 10.2 Å². The van der Waals surface area contributed by atoms with E-state index >= 15 is 0 Å². The predicted molar refractivity (Wildman–Crippen MR) is 85.0 cm³/mol. The van der Waals surface area contributed by atoms with Crippen molar-refractivity contribution in [2.45, 2.75) is 0 Å². The van der Waals surface area contributed by atoms with Crippen LogP contribution in [-0.4, -0.2) is 37.5 Å². The normalized spacial score (nSPS) is 10.1. The van der Waals surface area contributed by atoms with Gasteiger partial charge in [0.05, 0.1) is 6.07 Å². The maximum atomic E-state index is 11.7. The Kier molecular flexibility index (Phi) is 5.15. The Morgan fingerprint density at radius 1 is 1.21 bits per heavy atom. The fraction of sp³-hybridized carbons (Fsp3) is 0.200. The first-order valence-corrected chi connectivity index (χ1v) is 6.85. The molecule has 2 aromatic rings. The third kappa shape index (κ3) is 4.32. The first-order chi connectivity index (χ1) is 11.4. The lowest BCUT2D eigenvalue weighted by molar-refractivity contribution is -0.402. The van der Waals surface area contributed by atoms with Crippen LogP contribution in [-0.2, 0) is 9.53 Å². The first-order valence-electron chi connectivity index (χ1n) is 6.85. The van der Waals surface area contributed by atoms with E-state index in [1.54, 1.807) is 12.1 Å². The Morgan fingerprint density at radius 2 is 1.88 bits per heavy atom. The summed E-state index contributed by atoms with van der Waals surface area (Å²) in [7, 11) is 3.79. The molecule has 0 unspecified atom stereocenters. The quantitative estimate of drug-likeness (QED) is 0.488. The Bertz CT molecular complexity index is 751. The third-order valence-electron chi connectivity index (χ3n) is 2.97. The second-order valence-corrected chi connectivity index (χ2v) is 4.96. The lowest BCUT2D eigenvalue weighted by atomic mass is 10.2. The molecule has 9 nitrogen and oxygen atoms in total. The second-order valence-electron chi connectivity index (χ2n) is 4.96. The molecule has 1 amide bonds. The Balaban J connectivity index is 1.85. The average Bonchev–Trinajstić information content (AvgIpc) is 3.03. The molecular weight excluding hydrogens is 318 g/mol. The summed E-state index contributed by atoms with van der Waals surface area (Å²) < 4.78 is 9.42. The highest BCUT2D eigenvalue weighted by molar-refractivity contribution is 5.94. The molecule has 0 aliphatic rings. The van der Waals surface area contributed by atoms with Crippen LogP contribution >= 0.6 is 0 Å². The van der Waals surface area contributed by atoms with Gasteiger partial charge < -0.3 is 19.4 Å². The molecule has 1 N–H and O–H groups in total. The van der Waals surface area contributed by atoms with Gasteiger partial charge in [-0.25, -0.2) is 4.79 Å². The zero-order valence-electron chi connectivity index (χ0n) is 13.0. The molecular formula is C15H15N3O6. The number of hydrogen-bond donors (Lipinski definition) is 1. The van der Waals surface area contributed by atoms with E-state index in [9.17, 15) is 19.7 Å². The van der Waals surface area contributed by atoms with Gasteiger partial charge in [-0.1, -0.05) is 0 Å². The molecule has 0 saturated heterocycles. The summed E-state index contributed by atoms with van der Waals surface area (Å²) in [4.78, 5) is 35.0. The molecule has 0 aliphatic carbocycles. The van der Waals surface area contributed by atoms with Gasteiger partial charge in [0.25, 0.3) is 5.91 Å². The number of nitrogens with one attached hydrogen (secondary N) is 1. The largest absolute Gasteiger partial charge is 0.450 e. The number of furan rings is 1. The van der Waals surface area contributed by atoms with E-state index in [4.69, 9.17) is 4.74 Å². The lowest BCUT2D eigenvalue weighted by Crippen LogP contribution is -2.20. The van der Waals surface area contributed by atoms with Crippen LogP contribution in [0.4, 0.5) is 17.3 Å². The molecule has 0 aliphatic heterocycles. The van der Waals surface area contributed by atoms with Gasteiger partial charge in [-0.05, 0) is 30.3 Å². The number of ether oxygens (including phenoxy) is 1. The van der Waals surface area contributed by atoms with Crippen molar-refractivity contribution in [3.05, 3.63) is 52.3 Å². The summed E-state index contributed by atoms with van der Waals surface area (Å²) in [5.41, 5.74) is 1.52. The van der Waals surface area contributed by atoms with Crippen molar-refractivity contribution in [3.63, 3.8) is 0 Å². The standard InChI is InChI=1S/C15H15N3O6/c1-17(2)11-5-3-10(4-6-11)16-13(19)9-23-15(20)12-7-8-14(24-12)18(21)22/h3-8H,9H2,1-2H3,(H,16,19). The molecule has 1 aromatic carbocycles. The summed E-state index contributed by atoms with van der Waals surface area (Å²) in [6.45, 7) is -0.539. The SMILES string of the molecule is CN(C)c1ccc(NC(=O)COC(=O)c2ccc([N+](=O)[O-])o2)cc1. The molecule has 24 heavy (non-hydrogen) atoms. The van der Waals surface area contributed by atoms with Crippen LogP contribution in [0.25, 0.3) is 0 Å². The van der Waals surface area contributed by atoms with Crippen LogP contribution in [0.15, 0.2) is 40.8 Å². The number of carbonyl (C=O) groups excluding carboxylic acids is 2. The van der Waals surface area contributed by atoms with Gasteiger partial charge in [0.1, 0.15) is 4.92 Å². The van der Waals surface area contributed by atoms with Gasteiger partial charge in [-0.2, -0.15) is 0 Å². The number of benzene rings is 1. The van der Waals surface area contributed by atoms with Crippen LogP contribution in [0.2, 0.25) is 0 Å². The molecule has 9 heteroatoms. The predicted octanol–water partition coefficient (Wildman–Crippen LogP) is 2.05. The highest BCUT2D eigenvalue weighted by Gasteiger charge is 2.19. The van der Waals surface area contributed by atoms with Crippen molar-refractivity contribution >= 4 is 29.1 Å². The number of nitrogens with zero attached hydrogens (tertiary/aromatic N) is 2. The van der Waals surface area contributed by atoms with E-state index in [1.807, 2.05) is 31.1 Å². The maximum Gasteiger partial charge on any atom is 0.433 e. The Hall–Kier alpha value is -3.36. The molecule has 0 fully saturated rings. The van der Waals surface area contributed by atoms with Crippen LogP contribution in [0, 0.1) is 10.1 Å². The number of esters is 1. The molecule has 0 bridgehead atoms. The minimum Gasteiger partial charge on any atom is -0.450 e. The summed E-state index contributed by atoms with van der Waals surface area (Å²) in [6, 6.07) is 9.21. The van der Waals surface area contributed by atoms with E-state index in [-0.39, 0.29) is 5.76 Å². The monoisotopic (exact) mass is 333 g/mol. The zero-order valence-corrected chi connectivity index (χ0v) is 13.0. The van der Waals surface area contributed by atoms with E-state index < -0.39 is 29.3 Å². The van der Waals surface area contributed by atoms with E-state index in [2.05, 4.69) is 9.73 Å². The van der Waals surface area contributed by atoms with Crippen molar-refractivity contribution in [1.29, 1.82) is 0 Å². The van der Waals surface area contributed by atoms with Gasteiger partial charge in [-0.15, -0.1) is 0 Å². The van der Waals surface area contributed by atoms with Crippen LogP contribution in [0.3, 0.4) is 0 Å². The Labute approximate surface area is 137 Å². The van der Waals surface area contributed by atoms with Crippen molar-refractivity contribution in [1.82, 2.24) is 0 Å². The fourth-order valence-electron chi connectivity index (χ4n) is 1.78. The number of amides is 1. The molecule has 0 radical (unpaired) electrons. The second kappa shape index (κ2) is 7.27. The van der Waals surface area contributed by atoms with Crippen molar-refractivity contribution in [2.24, 2.45) is 0 Å². The van der Waals surface area contributed by atoms with Crippen molar-refractivity contribution in [2.75, 3.05) is 30.9 Å². The summed E-state index contributed by atoms with van der Waals surface area (Å²) in [5.74, 6) is -2.42. The van der Waals surface area contributed by atoms with Gasteiger partial charge in [0.2, 0.25) is 5.76 Å². The van der Waals surface area contributed by atoms with Gasteiger partial charge in [0.15, 0.2) is 6.61 Å². The van der Waals surface area contributed by atoms with Crippen molar-refractivity contribution in [3.8, 4) is 0 Å². The molecule has 0 spiro atoms. The highest BCUT2D eigenvalue weighted by Crippen LogP contribution is 2.17. The lowest BCUT2D eigenvalue weighted by Gasteiger charge is -2.13. The van der Waals surface area contributed by atoms with E-state index in [0.29, 0.717) is 5.69 Å². The smallest absolute Gasteiger partial charge is 0.433 e. The third-order valence-corrected chi connectivity index (χ3v) is 2.97. The molecule has 126 valence electrons. The number of carbonyl (C=O) groups is 2. The zero-order chi connectivity index (χ0) is 17.7. The average molecular weight is 333 g/mol. The number of rotatable bonds is 6. The number of hydrogen-bond acceptors (Lipinski definition) is 7. The number of anilines is 2. The highest BCUT2D eigenvalue weighted by atomic mass is 16.7. The molecule has 0 saturated carbocycles. The molecule has 1 aromatic heterocycles. The van der Waals surface area contributed by atoms with E-state index in [0.717, 1.165) is 17.8 Å². The van der Waals surface area contributed by atoms with Gasteiger partial charge >= 0.3 is 11.9 Å². The number of nitro groups is 1. The maximum absolute atomic E-state index is 11.7.